The van der Waals surface area contributed by atoms with Gasteiger partial charge in [0.15, 0.2) is 0 Å². The molecule has 242 valence electrons. The predicted octanol–water partition coefficient (Wildman–Crippen LogP) is 6.98. The van der Waals surface area contributed by atoms with Crippen LogP contribution < -0.4 is 0 Å². The number of carbonyl (C=O) groups excluding carboxylic acids is 2. The number of halogens is 2. The van der Waals surface area contributed by atoms with Gasteiger partial charge < -0.3 is 14.2 Å². The van der Waals surface area contributed by atoms with E-state index in [9.17, 15) is 19.7 Å². The van der Waals surface area contributed by atoms with E-state index in [-0.39, 0.29) is 48.2 Å². The minimum atomic E-state index is -1.24. The average Bonchev–Trinajstić information content (AvgIpc) is 3.04. The minimum Gasteiger partial charge on any atom is -0.463 e. The van der Waals surface area contributed by atoms with Gasteiger partial charge in [0.2, 0.25) is 0 Å². The largest absolute Gasteiger partial charge is 0.463 e. The topological polar surface area (TPSA) is 124 Å². The first-order chi connectivity index (χ1) is 22.1. The number of aliphatic imine (C=N–C) groups is 1. The molecule has 0 bridgehead atoms. The fraction of sp³-hybridized carbons (Fsp3) is 0.303. The molecule has 11 nitrogen and oxygen atoms in total. The zero-order valence-corrected chi connectivity index (χ0v) is 27.2. The van der Waals surface area contributed by atoms with Crippen LogP contribution in [-0.4, -0.2) is 66.1 Å². The van der Waals surface area contributed by atoms with Crippen molar-refractivity contribution in [3.8, 4) is 0 Å². The Hall–Kier alpha value is -4.29. The molecule has 13 heteroatoms. The lowest BCUT2D eigenvalue weighted by atomic mass is 9.92. The quantitative estimate of drug-likeness (QED) is 0.0827. The van der Waals surface area contributed by atoms with E-state index < -0.39 is 23.0 Å². The molecule has 3 aromatic rings. The van der Waals surface area contributed by atoms with Crippen LogP contribution in [0.5, 0.6) is 0 Å². The molecular weight excluding hydrogens is 635 g/mol. The fourth-order valence-electron chi connectivity index (χ4n) is 5.16. The van der Waals surface area contributed by atoms with Gasteiger partial charge in [0, 0.05) is 25.7 Å². The van der Waals surface area contributed by atoms with Crippen LogP contribution in [0.4, 0.5) is 10.5 Å². The Kier molecular flexibility index (Phi) is 12.3. The van der Waals surface area contributed by atoms with Gasteiger partial charge in [-0.05, 0) is 43.2 Å². The van der Waals surface area contributed by atoms with Gasteiger partial charge in [0.25, 0.3) is 5.69 Å². The highest BCUT2D eigenvalue weighted by Crippen LogP contribution is 2.40. The molecule has 1 heterocycles. The summed E-state index contributed by atoms with van der Waals surface area (Å²) in [4.78, 5) is 45.7. The molecule has 1 aliphatic rings. The third-order valence-corrected chi connectivity index (χ3v) is 7.95. The third kappa shape index (κ3) is 8.49. The van der Waals surface area contributed by atoms with Crippen molar-refractivity contribution < 1.29 is 28.7 Å². The van der Waals surface area contributed by atoms with Crippen molar-refractivity contribution >= 4 is 46.8 Å². The molecule has 0 N–H and O–H groups in total. The zero-order chi connectivity index (χ0) is 33.2. The lowest BCUT2D eigenvalue weighted by molar-refractivity contribution is -0.385. The highest BCUT2D eigenvalue weighted by Gasteiger charge is 2.43. The maximum Gasteiger partial charge on any atom is 0.415 e. The summed E-state index contributed by atoms with van der Waals surface area (Å²) in [5.41, 5.74) is 2.04. The number of ether oxygens (including phenoxy) is 3. The Labute approximate surface area is 277 Å². The van der Waals surface area contributed by atoms with Crippen molar-refractivity contribution in [1.29, 1.82) is 0 Å². The van der Waals surface area contributed by atoms with Crippen LogP contribution in [0.1, 0.15) is 36.6 Å². The Balaban J connectivity index is 1.63. The van der Waals surface area contributed by atoms with Crippen molar-refractivity contribution in [3.63, 3.8) is 0 Å². The maximum absolute atomic E-state index is 13.5. The summed E-state index contributed by atoms with van der Waals surface area (Å²) in [5, 5.41) is 13.0. The molecule has 1 unspecified atom stereocenters. The molecule has 1 atom stereocenters. The monoisotopic (exact) mass is 668 g/mol. The van der Waals surface area contributed by atoms with Crippen LogP contribution in [0.2, 0.25) is 10.0 Å². The number of amides is 1. The van der Waals surface area contributed by atoms with Gasteiger partial charge >= 0.3 is 12.1 Å². The average molecular weight is 670 g/mol. The zero-order valence-electron chi connectivity index (χ0n) is 25.7. The lowest BCUT2D eigenvalue weighted by Crippen LogP contribution is -2.44. The second-order valence-electron chi connectivity index (χ2n) is 10.3. The number of esters is 1. The van der Waals surface area contributed by atoms with Crippen molar-refractivity contribution in [2.24, 2.45) is 4.99 Å². The third-order valence-electron chi connectivity index (χ3n) is 7.21. The van der Waals surface area contributed by atoms with Gasteiger partial charge in [-0.25, -0.2) is 14.6 Å². The summed E-state index contributed by atoms with van der Waals surface area (Å²) >= 11 is 12.4. The lowest BCUT2D eigenvalue weighted by Gasteiger charge is -2.35. The molecule has 0 aromatic heterocycles. The number of carbonyl (C=O) groups is 2. The number of para-hydroxylation sites is 1. The van der Waals surface area contributed by atoms with Crippen molar-refractivity contribution in [3.05, 3.63) is 121 Å². The molecule has 0 saturated heterocycles. The van der Waals surface area contributed by atoms with Gasteiger partial charge in [0.05, 0.1) is 58.7 Å². The molecule has 0 fully saturated rings. The first-order valence-corrected chi connectivity index (χ1v) is 15.2. The van der Waals surface area contributed by atoms with E-state index in [0.29, 0.717) is 29.7 Å². The van der Waals surface area contributed by atoms with E-state index in [2.05, 4.69) is 9.89 Å². The van der Waals surface area contributed by atoms with E-state index in [1.807, 2.05) is 42.5 Å². The molecule has 46 heavy (non-hydrogen) atoms. The SMILES string of the molecule is CCOC(=O)C1=C(COCCN(Cc2ccccc2)Cc2ccc(Cl)c(Cl)c2)N=C(C)N(C(=O)OC)C1c1ccccc1[N+](=O)[O-]. The number of nitro benzene ring substituents is 1. The molecule has 3 aromatic carbocycles. The van der Waals surface area contributed by atoms with Crippen molar-refractivity contribution in [1.82, 2.24) is 9.80 Å². The summed E-state index contributed by atoms with van der Waals surface area (Å²) < 4.78 is 16.4. The summed E-state index contributed by atoms with van der Waals surface area (Å²) in [6.45, 7) is 5.05. The molecule has 4 rings (SSSR count). The van der Waals surface area contributed by atoms with Crippen LogP contribution in [0.3, 0.4) is 0 Å². The van der Waals surface area contributed by atoms with E-state index in [1.54, 1.807) is 26.0 Å². The molecule has 0 radical (unpaired) electrons. The van der Waals surface area contributed by atoms with E-state index in [0.717, 1.165) is 16.0 Å². The summed E-state index contributed by atoms with van der Waals surface area (Å²) in [7, 11) is 1.18. The maximum atomic E-state index is 13.5. The van der Waals surface area contributed by atoms with Gasteiger partial charge in [-0.2, -0.15) is 0 Å². The minimum absolute atomic E-state index is 0.0319. The van der Waals surface area contributed by atoms with E-state index >= 15 is 0 Å². The van der Waals surface area contributed by atoms with Crippen molar-refractivity contribution in [2.45, 2.75) is 33.0 Å². The number of amidine groups is 1. The summed E-state index contributed by atoms with van der Waals surface area (Å²) in [5.74, 6) is -0.605. The summed E-state index contributed by atoms with van der Waals surface area (Å²) in [6.07, 6.45) is -0.843. The van der Waals surface area contributed by atoms with Gasteiger partial charge in [0.1, 0.15) is 11.9 Å². The fourth-order valence-corrected chi connectivity index (χ4v) is 5.48. The molecule has 0 aliphatic carbocycles. The second kappa shape index (κ2) is 16.3. The van der Waals surface area contributed by atoms with Gasteiger partial charge in [-0.15, -0.1) is 0 Å². The van der Waals surface area contributed by atoms with Crippen LogP contribution >= 0.6 is 23.2 Å². The van der Waals surface area contributed by atoms with Crippen LogP contribution in [0.15, 0.2) is 89.1 Å². The Morgan fingerprint density at radius 2 is 1.70 bits per heavy atom. The molecular formula is C33H34Cl2N4O7. The molecule has 0 spiro atoms. The predicted molar refractivity (Wildman–Crippen MR) is 175 cm³/mol. The molecule has 1 amide bonds. The molecule has 1 aliphatic heterocycles. The van der Waals surface area contributed by atoms with Crippen LogP contribution in [-0.2, 0) is 32.1 Å². The standard InChI is InChI=1S/C33H34Cl2N4O7/c1-4-46-32(40)30-28(36-22(2)38(33(41)44-3)31(30)25-12-8-9-13-29(25)39(42)43)21-45-17-16-37(19-23-10-6-5-7-11-23)20-24-14-15-26(34)27(35)18-24/h5-15,18,31H,4,16-17,19-21H2,1-3H3. The summed E-state index contributed by atoms with van der Waals surface area (Å²) in [6, 6.07) is 20.1. The van der Waals surface area contributed by atoms with Crippen LogP contribution in [0.25, 0.3) is 0 Å². The number of nitro groups is 1. The number of rotatable bonds is 13. The van der Waals surface area contributed by atoms with E-state index in [4.69, 9.17) is 37.4 Å². The Bertz CT molecular complexity index is 1630. The molecule has 0 saturated carbocycles. The number of hydrogen-bond donors (Lipinski definition) is 0. The highest BCUT2D eigenvalue weighted by molar-refractivity contribution is 6.42. The number of nitrogens with zero attached hydrogens (tertiary/aromatic N) is 4. The van der Waals surface area contributed by atoms with Crippen molar-refractivity contribution in [2.75, 3.05) is 33.5 Å². The Morgan fingerprint density at radius 1 is 1.00 bits per heavy atom. The number of hydrogen-bond acceptors (Lipinski definition) is 9. The first kappa shape index (κ1) is 34.6. The smallest absolute Gasteiger partial charge is 0.415 e. The second-order valence-corrected chi connectivity index (χ2v) is 11.1. The van der Waals surface area contributed by atoms with E-state index in [1.165, 1.54) is 25.3 Å². The van der Waals surface area contributed by atoms with Gasteiger partial charge in [-0.1, -0.05) is 71.7 Å². The number of methoxy groups -OCH3 is 1. The number of benzene rings is 3. The van der Waals surface area contributed by atoms with Crippen LogP contribution in [0, 0.1) is 10.1 Å². The normalized spacial score (nSPS) is 14.7. The highest BCUT2D eigenvalue weighted by atomic mass is 35.5. The first-order valence-electron chi connectivity index (χ1n) is 14.5. The van der Waals surface area contributed by atoms with Gasteiger partial charge in [-0.3, -0.25) is 19.9 Å². The Morgan fingerprint density at radius 3 is 2.37 bits per heavy atom.